The number of hydrogen-bond donors (Lipinski definition) is 1. The summed E-state index contributed by atoms with van der Waals surface area (Å²) in [5.41, 5.74) is 3.00. The largest absolute Gasteiger partial charge is 0.494 e. The van der Waals surface area contributed by atoms with Crippen LogP contribution >= 0.6 is 15.9 Å². The van der Waals surface area contributed by atoms with Crippen LogP contribution in [0.15, 0.2) is 71.3 Å². The van der Waals surface area contributed by atoms with E-state index in [2.05, 4.69) is 31.4 Å². The smallest absolute Gasteiger partial charge is 0.251 e. The molecule has 0 aliphatic carbocycles. The molecule has 2 aromatic heterocycles. The lowest BCUT2D eigenvalue weighted by Crippen LogP contribution is -2.23. The summed E-state index contributed by atoms with van der Waals surface area (Å²) in [7, 11) is 0. The van der Waals surface area contributed by atoms with Crippen LogP contribution in [0.2, 0.25) is 0 Å². The maximum absolute atomic E-state index is 12.6. The van der Waals surface area contributed by atoms with Crippen LogP contribution in [0, 0.1) is 0 Å². The first-order valence-electron chi connectivity index (χ1n) is 9.26. The summed E-state index contributed by atoms with van der Waals surface area (Å²) in [6, 6.07) is 19.0. The molecule has 146 valence electrons. The Morgan fingerprint density at radius 1 is 1.10 bits per heavy atom. The van der Waals surface area contributed by atoms with Crippen LogP contribution in [-0.2, 0) is 6.54 Å². The number of para-hydroxylation sites is 1. The number of fused-ring (bicyclic) bond motifs is 1. The summed E-state index contributed by atoms with van der Waals surface area (Å²) in [5, 5.41) is 11.5. The van der Waals surface area contributed by atoms with Crippen molar-refractivity contribution in [1.29, 1.82) is 0 Å². The maximum atomic E-state index is 12.6. The molecule has 4 aromatic rings. The lowest BCUT2D eigenvalue weighted by molar-refractivity contribution is 0.0950. The summed E-state index contributed by atoms with van der Waals surface area (Å²) in [4.78, 5) is 12.6. The number of pyridine rings is 1. The van der Waals surface area contributed by atoms with Gasteiger partial charge in [-0.1, -0.05) is 52.3 Å². The summed E-state index contributed by atoms with van der Waals surface area (Å²) in [6.07, 6.45) is 1.81. The fraction of sp³-hybridized carbons (Fsp3) is 0.136. The van der Waals surface area contributed by atoms with Crippen molar-refractivity contribution in [3.63, 3.8) is 0 Å². The molecule has 0 saturated heterocycles. The van der Waals surface area contributed by atoms with Gasteiger partial charge in [0.25, 0.3) is 5.91 Å². The van der Waals surface area contributed by atoms with Gasteiger partial charge < -0.3 is 10.1 Å². The van der Waals surface area contributed by atoms with Gasteiger partial charge in [-0.05, 0) is 31.2 Å². The molecule has 0 unspecified atom stereocenters. The predicted molar refractivity (Wildman–Crippen MR) is 115 cm³/mol. The topological polar surface area (TPSA) is 68.5 Å². The Balaban J connectivity index is 1.55. The summed E-state index contributed by atoms with van der Waals surface area (Å²) >= 11 is 3.55. The highest BCUT2D eigenvalue weighted by atomic mass is 79.9. The molecule has 0 aliphatic heterocycles. The van der Waals surface area contributed by atoms with Gasteiger partial charge in [0.2, 0.25) is 0 Å². The average Bonchev–Trinajstić information content (AvgIpc) is 3.16. The fourth-order valence-electron chi connectivity index (χ4n) is 3.08. The van der Waals surface area contributed by atoms with Crippen molar-refractivity contribution in [2.24, 2.45) is 0 Å². The van der Waals surface area contributed by atoms with E-state index in [-0.39, 0.29) is 5.91 Å². The standard InChI is InChI=1S/C22H19BrN4O2/c1-2-29-19-10-6-3-7-16(19)14-24-22(28)15-11-12-27-20(13-15)25-26-21(27)17-8-4-5-9-18(17)23/h3-13H,2,14H2,1H3,(H,24,28). The van der Waals surface area contributed by atoms with E-state index in [1.807, 2.05) is 66.1 Å². The van der Waals surface area contributed by atoms with Gasteiger partial charge in [-0.25, -0.2) is 0 Å². The van der Waals surface area contributed by atoms with Crippen molar-refractivity contribution < 1.29 is 9.53 Å². The van der Waals surface area contributed by atoms with Crippen molar-refractivity contribution in [2.75, 3.05) is 6.61 Å². The van der Waals surface area contributed by atoms with Gasteiger partial charge in [0.15, 0.2) is 11.5 Å². The average molecular weight is 451 g/mol. The molecule has 1 amide bonds. The molecule has 0 spiro atoms. The van der Waals surface area contributed by atoms with Crippen molar-refractivity contribution in [2.45, 2.75) is 13.5 Å². The van der Waals surface area contributed by atoms with Crippen LogP contribution in [0.25, 0.3) is 17.0 Å². The molecule has 6 nitrogen and oxygen atoms in total. The third kappa shape index (κ3) is 4.00. The molecule has 0 atom stereocenters. The zero-order valence-corrected chi connectivity index (χ0v) is 17.4. The van der Waals surface area contributed by atoms with Crippen LogP contribution < -0.4 is 10.1 Å². The van der Waals surface area contributed by atoms with Crippen molar-refractivity contribution in [3.8, 4) is 17.1 Å². The number of amides is 1. The van der Waals surface area contributed by atoms with E-state index in [0.717, 1.165) is 21.3 Å². The molecule has 29 heavy (non-hydrogen) atoms. The number of aromatic nitrogens is 3. The SMILES string of the molecule is CCOc1ccccc1CNC(=O)c1ccn2c(-c3ccccc3Br)nnc2c1. The quantitative estimate of drug-likeness (QED) is 0.469. The second kappa shape index (κ2) is 8.45. The highest BCUT2D eigenvalue weighted by Gasteiger charge is 2.14. The van der Waals surface area contributed by atoms with E-state index in [9.17, 15) is 4.79 Å². The molecule has 0 radical (unpaired) electrons. The fourth-order valence-corrected chi connectivity index (χ4v) is 3.54. The monoisotopic (exact) mass is 450 g/mol. The maximum Gasteiger partial charge on any atom is 0.251 e. The molecule has 4 rings (SSSR count). The van der Waals surface area contributed by atoms with Gasteiger partial charge in [0.1, 0.15) is 5.75 Å². The Bertz CT molecular complexity index is 1170. The summed E-state index contributed by atoms with van der Waals surface area (Å²) < 4.78 is 8.41. The third-order valence-corrected chi connectivity index (χ3v) is 5.19. The summed E-state index contributed by atoms with van der Waals surface area (Å²) in [5.74, 6) is 1.32. The van der Waals surface area contributed by atoms with Gasteiger partial charge in [0, 0.05) is 33.9 Å². The number of carbonyl (C=O) groups excluding carboxylic acids is 1. The minimum Gasteiger partial charge on any atom is -0.494 e. The van der Waals surface area contributed by atoms with Crippen molar-refractivity contribution in [3.05, 3.63) is 82.5 Å². The minimum atomic E-state index is -0.177. The normalized spacial score (nSPS) is 10.8. The van der Waals surface area contributed by atoms with E-state index in [1.165, 1.54) is 0 Å². The number of ether oxygens (including phenoxy) is 1. The molecule has 0 fully saturated rings. The van der Waals surface area contributed by atoms with Crippen LogP contribution in [0.4, 0.5) is 0 Å². The Kier molecular flexibility index (Phi) is 5.57. The second-order valence-electron chi connectivity index (χ2n) is 6.37. The number of hydrogen-bond acceptors (Lipinski definition) is 4. The zero-order valence-electron chi connectivity index (χ0n) is 15.8. The predicted octanol–water partition coefficient (Wildman–Crippen LogP) is 4.49. The third-order valence-electron chi connectivity index (χ3n) is 4.50. The van der Waals surface area contributed by atoms with Gasteiger partial charge >= 0.3 is 0 Å². The zero-order chi connectivity index (χ0) is 20.2. The van der Waals surface area contributed by atoms with E-state index in [1.54, 1.807) is 12.1 Å². The molecular formula is C22H19BrN4O2. The van der Waals surface area contributed by atoms with E-state index >= 15 is 0 Å². The lowest BCUT2D eigenvalue weighted by Gasteiger charge is -2.11. The number of halogens is 1. The van der Waals surface area contributed by atoms with Crippen LogP contribution in [0.5, 0.6) is 5.75 Å². The van der Waals surface area contributed by atoms with Gasteiger partial charge in [0.05, 0.1) is 6.61 Å². The molecule has 7 heteroatoms. The lowest BCUT2D eigenvalue weighted by atomic mass is 10.2. The number of rotatable bonds is 6. The Morgan fingerprint density at radius 2 is 1.90 bits per heavy atom. The highest BCUT2D eigenvalue weighted by molar-refractivity contribution is 9.10. The molecule has 0 saturated carbocycles. The molecule has 0 bridgehead atoms. The van der Waals surface area contributed by atoms with Crippen LogP contribution in [0.1, 0.15) is 22.8 Å². The highest BCUT2D eigenvalue weighted by Crippen LogP contribution is 2.27. The summed E-state index contributed by atoms with van der Waals surface area (Å²) in [6.45, 7) is 2.90. The van der Waals surface area contributed by atoms with Gasteiger partial charge in [-0.15, -0.1) is 10.2 Å². The first kappa shape index (κ1) is 19.1. The van der Waals surface area contributed by atoms with E-state index < -0.39 is 0 Å². The molecule has 1 N–H and O–H groups in total. The number of nitrogens with zero attached hydrogens (tertiary/aromatic N) is 3. The van der Waals surface area contributed by atoms with Crippen LogP contribution in [-0.4, -0.2) is 27.1 Å². The first-order valence-corrected chi connectivity index (χ1v) is 10.0. The Labute approximate surface area is 176 Å². The van der Waals surface area contributed by atoms with E-state index in [0.29, 0.717) is 30.2 Å². The van der Waals surface area contributed by atoms with Gasteiger partial charge in [-0.2, -0.15) is 0 Å². The Hall–Kier alpha value is -3.19. The van der Waals surface area contributed by atoms with Crippen LogP contribution in [0.3, 0.4) is 0 Å². The minimum absolute atomic E-state index is 0.177. The number of carbonyl (C=O) groups is 1. The van der Waals surface area contributed by atoms with Crippen molar-refractivity contribution >= 4 is 27.5 Å². The molecule has 2 aromatic carbocycles. The van der Waals surface area contributed by atoms with Crippen molar-refractivity contribution in [1.82, 2.24) is 19.9 Å². The molecule has 2 heterocycles. The molecular weight excluding hydrogens is 432 g/mol. The number of nitrogens with one attached hydrogen (secondary N) is 1. The van der Waals surface area contributed by atoms with E-state index in [4.69, 9.17) is 4.74 Å². The second-order valence-corrected chi connectivity index (χ2v) is 7.22. The van der Waals surface area contributed by atoms with Gasteiger partial charge in [-0.3, -0.25) is 9.20 Å². The number of benzene rings is 2. The Morgan fingerprint density at radius 3 is 2.72 bits per heavy atom. The first-order chi connectivity index (χ1) is 14.2. The molecule has 0 aliphatic rings.